The number of aliphatic hydroxyl groups excluding tert-OH is 1. The molecule has 0 saturated carbocycles. The van der Waals surface area contributed by atoms with Crippen LogP contribution in [0.15, 0.2) is 83.8 Å². The molecule has 0 aliphatic carbocycles. The van der Waals surface area contributed by atoms with Gasteiger partial charge in [-0.2, -0.15) is 8.42 Å². The molecule has 0 fully saturated rings. The van der Waals surface area contributed by atoms with Gasteiger partial charge in [-0.15, -0.1) is 0 Å². The molecule has 0 bridgehead atoms. The zero-order valence-corrected chi connectivity index (χ0v) is 19.9. The first kappa shape index (κ1) is 26.5. The van der Waals surface area contributed by atoms with Crippen molar-refractivity contribution < 1.29 is 27.6 Å². The van der Waals surface area contributed by atoms with E-state index in [0.29, 0.717) is 13.2 Å². The van der Waals surface area contributed by atoms with E-state index in [0.717, 1.165) is 29.7 Å². The third kappa shape index (κ3) is 10.6. The zero-order valence-electron chi connectivity index (χ0n) is 19.1. The van der Waals surface area contributed by atoms with Crippen LogP contribution in [0.2, 0.25) is 0 Å². The van der Waals surface area contributed by atoms with Crippen molar-refractivity contribution in [2.24, 2.45) is 0 Å². The summed E-state index contributed by atoms with van der Waals surface area (Å²) in [6, 6.07) is 24.1. The smallest absolute Gasteiger partial charge is 0.294 e. The van der Waals surface area contributed by atoms with Gasteiger partial charge in [-0.25, -0.2) is 0 Å². The molecule has 1 atom stereocenters. The van der Waals surface area contributed by atoms with E-state index in [1.165, 1.54) is 17.7 Å². The number of hydrogen-bond donors (Lipinski definition) is 2. The first-order valence-electron chi connectivity index (χ1n) is 10.8. The highest BCUT2D eigenvalue weighted by molar-refractivity contribution is 7.85. The Hall–Kier alpha value is -2.71. The highest BCUT2D eigenvalue weighted by atomic mass is 32.2. The van der Waals surface area contributed by atoms with Gasteiger partial charge in [-0.3, -0.25) is 4.55 Å². The summed E-state index contributed by atoms with van der Waals surface area (Å²) in [5.74, 6) is 0.850. The molecule has 0 heterocycles. The summed E-state index contributed by atoms with van der Waals surface area (Å²) in [6.45, 7) is 5.13. The molecular formula is C26H32O6S. The quantitative estimate of drug-likeness (QED) is 0.405. The Bertz CT molecular complexity index is 1030. The van der Waals surface area contributed by atoms with Gasteiger partial charge in [0.05, 0.1) is 17.6 Å². The predicted molar refractivity (Wildman–Crippen MR) is 129 cm³/mol. The Morgan fingerprint density at radius 1 is 0.848 bits per heavy atom. The summed E-state index contributed by atoms with van der Waals surface area (Å²) >= 11 is 0. The van der Waals surface area contributed by atoms with Crippen LogP contribution in [0.3, 0.4) is 0 Å². The van der Waals surface area contributed by atoms with Crippen LogP contribution in [-0.4, -0.2) is 37.4 Å². The van der Waals surface area contributed by atoms with E-state index < -0.39 is 10.1 Å². The average Bonchev–Trinajstić information content (AvgIpc) is 2.80. The van der Waals surface area contributed by atoms with Crippen molar-refractivity contribution in [3.63, 3.8) is 0 Å². The fraction of sp³-hybridized carbons (Fsp3) is 0.308. The van der Waals surface area contributed by atoms with Crippen LogP contribution >= 0.6 is 0 Å². The fourth-order valence-corrected chi connectivity index (χ4v) is 3.34. The minimum atomic E-state index is -4.02. The van der Waals surface area contributed by atoms with Gasteiger partial charge >= 0.3 is 0 Å². The third-order valence-electron chi connectivity index (χ3n) is 4.79. The lowest BCUT2D eigenvalue weighted by molar-refractivity contribution is 0.00123. The van der Waals surface area contributed by atoms with E-state index in [4.69, 9.17) is 19.1 Å². The van der Waals surface area contributed by atoms with Gasteiger partial charge in [0.15, 0.2) is 0 Å². The first-order chi connectivity index (χ1) is 15.8. The average molecular weight is 473 g/mol. The molecule has 0 aliphatic rings. The Balaban J connectivity index is 0.000000294. The van der Waals surface area contributed by atoms with E-state index in [1.54, 1.807) is 12.1 Å². The molecule has 178 valence electrons. The maximum atomic E-state index is 10.5. The molecule has 0 amide bonds. The monoisotopic (exact) mass is 472 g/mol. The number of ether oxygens (including phenoxy) is 2. The molecule has 6 nitrogen and oxygen atoms in total. The van der Waals surface area contributed by atoms with Crippen molar-refractivity contribution in [1.82, 2.24) is 0 Å². The summed E-state index contributed by atoms with van der Waals surface area (Å²) in [4.78, 5) is -0.0666. The Morgan fingerprint density at radius 2 is 1.42 bits per heavy atom. The van der Waals surface area contributed by atoms with Crippen LogP contribution in [0, 0.1) is 13.8 Å². The lowest BCUT2D eigenvalue weighted by atomic mass is 10.2. The van der Waals surface area contributed by atoms with Crippen LogP contribution in [0.25, 0.3) is 0 Å². The van der Waals surface area contributed by atoms with Crippen LogP contribution in [-0.2, 0) is 21.5 Å². The fourth-order valence-electron chi connectivity index (χ4n) is 2.86. The molecular weight excluding hydrogens is 440 g/mol. The minimum Gasteiger partial charge on any atom is -0.491 e. The second-order valence-corrected chi connectivity index (χ2v) is 9.12. The van der Waals surface area contributed by atoms with Gasteiger partial charge in [0.2, 0.25) is 0 Å². The summed E-state index contributed by atoms with van der Waals surface area (Å²) in [5, 5.41) is 9.02. The topological polar surface area (TPSA) is 93.1 Å². The van der Waals surface area contributed by atoms with Gasteiger partial charge in [0, 0.05) is 6.61 Å². The maximum absolute atomic E-state index is 10.5. The van der Waals surface area contributed by atoms with E-state index in [9.17, 15) is 8.42 Å². The SMILES string of the molecule is Cc1ccc(OCC(CCCO)OCc2ccccc2)cc1.Cc1ccc(S(=O)(=O)O)cc1. The second kappa shape index (κ2) is 13.7. The lowest BCUT2D eigenvalue weighted by Crippen LogP contribution is -2.22. The number of hydrogen-bond acceptors (Lipinski definition) is 5. The molecule has 0 saturated heterocycles. The van der Waals surface area contributed by atoms with Crippen molar-refractivity contribution in [3.05, 3.63) is 95.6 Å². The van der Waals surface area contributed by atoms with Gasteiger partial charge in [0.25, 0.3) is 10.1 Å². The van der Waals surface area contributed by atoms with E-state index in [-0.39, 0.29) is 17.6 Å². The van der Waals surface area contributed by atoms with Crippen molar-refractivity contribution in [1.29, 1.82) is 0 Å². The van der Waals surface area contributed by atoms with E-state index >= 15 is 0 Å². The first-order valence-corrected chi connectivity index (χ1v) is 12.2. The zero-order chi connectivity index (χ0) is 24.1. The molecule has 7 heteroatoms. The molecule has 1 unspecified atom stereocenters. The number of aryl methyl sites for hydroxylation is 2. The maximum Gasteiger partial charge on any atom is 0.294 e. The molecule has 0 aliphatic heterocycles. The summed E-state index contributed by atoms with van der Waals surface area (Å²) in [5.41, 5.74) is 3.31. The van der Waals surface area contributed by atoms with Crippen molar-refractivity contribution in [2.75, 3.05) is 13.2 Å². The highest BCUT2D eigenvalue weighted by Gasteiger charge is 2.11. The summed E-state index contributed by atoms with van der Waals surface area (Å²) in [6.07, 6.45) is 1.49. The van der Waals surface area contributed by atoms with Crippen molar-refractivity contribution in [2.45, 2.75) is 44.3 Å². The normalized spacial score (nSPS) is 11.9. The van der Waals surface area contributed by atoms with Gasteiger partial charge < -0.3 is 14.6 Å². The summed E-state index contributed by atoms with van der Waals surface area (Å²) < 4.78 is 41.3. The molecule has 3 aromatic rings. The third-order valence-corrected chi connectivity index (χ3v) is 5.66. The Morgan fingerprint density at radius 3 is 1.97 bits per heavy atom. The number of aliphatic hydroxyl groups is 1. The van der Waals surface area contributed by atoms with E-state index in [1.807, 2.05) is 61.5 Å². The molecule has 3 aromatic carbocycles. The minimum absolute atomic E-state index is 0.0198. The molecule has 3 rings (SSSR count). The van der Waals surface area contributed by atoms with Crippen molar-refractivity contribution >= 4 is 10.1 Å². The van der Waals surface area contributed by atoms with Crippen LogP contribution in [0.5, 0.6) is 5.75 Å². The highest BCUT2D eigenvalue weighted by Crippen LogP contribution is 2.14. The van der Waals surface area contributed by atoms with Crippen LogP contribution < -0.4 is 4.74 Å². The second-order valence-electron chi connectivity index (χ2n) is 7.70. The van der Waals surface area contributed by atoms with E-state index in [2.05, 4.69) is 6.92 Å². The van der Waals surface area contributed by atoms with Crippen LogP contribution in [0.1, 0.15) is 29.5 Å². The molecule has 2 N–H and O–H groups in total. The number of rotatable bonds is 10. The van der Waals surface area contributed by atoms with Gasteiger partial charge in [0.1, 0.15) is 12.4 Å². The van der Waals surface area contributed by atoms with Gasteiger partial charge in [-0.1, -0.05) is 65.7 Å². The van der Waals surface area contributed by atoms with Crippen molar-refractivity contribution in [3.8, 4) is 5.75 Å². The predicted octanol–water partition coefficient (Wildman–Crippen LogP) is 4.97. The largest absolute Gasteiger partial charge is 0.491 e. The Labute approximate surface area is 196 Å². The molecule has 0 aromatic heterocycles. The van der Waals surface area contributed by atoms with Crippen LogP contribution in [0.4, 0.5) is 0 Å². The standard InChI is InChI=1S/C19H24O3.C7H8O3S/c1-16-9-11-18(12-10-16)22-15-19(8-5-13-20)21-14-17-6-3-2-4-7-17;1-6-2-4-7(5-3-6)11(8,9)10/h2-4,6-7,9-12,19-20H,5,8,13-15H2,1H3;2-5H,1H3,(H,8,9,10). The lowest BCUT2D eigenvalue weighted by Gasteiger charge is -2.18. The molecule has 0 radical (unpaired) electrons. The number of benzene rings is 3. The Kier molecular flexibility index (Phi) is 11.1. The molecule has 33 heavy (non-hydrogen) atoms. The van der Waals surface area contributed by atoms with Gasteiger partial charge in [-0.05, 0) is 56.5 Å². The molecule has 0 spiro atoms. The summed E-state index contributed by atoms with van der Waals surface area (Å²) in [7, 11) is -4.02.